The summed E-state index contributed by atoms with van der Waals surface area (Å²) in [5.41, 5.74) is 0.279. The normalized spacial score (nSPS) is 14.8. The quantitative estimate of drug-likeness (QED) is 0.878. The molecule has 1 atom stereocenters. The molecule has 1 rings (SSSR count). The first-order valence-electron chi connectivity index (χ1n) is 6.24. The molecule has 1 aromatic carbocycles. The molecule has 2 N–H and O–H groups in total. The SMILES string of the molecule is Cc1cc(C(C)(C)C)ccc1OCC(C)(O)C(=O)O. The van der Waals surface area contributed by atoms with Crippen LogP contribution >= 0.6 is 0 Å². The lowest BCUT2D eigenvalue weighted by molar-refractivity contribution is -0.159. The predicted molar refractivity (Wildman–Crippen MR) is 73.6 cm³/mol. The first-order valence-corrected chi connectivity index (χ1v) is 6.24. The minimum Gasteiger partial charge on any atom is -0.490 e. The third-order valence-electron chi connectivity index (χ3n) is 3.01. The second-order valence-electron chi connectivity index (χ2n) is 6.10. The van der Waals surface area contributed by atoms with Crippen LogP contribution in [0.3, 0.4) is 0 Å². The first-order chi connectivity index (χ1) is 8.54. The van der Waals surface area contributed by atoms with Gasteiger partial charge in [-0.05, 0) is 36.5 Å². The molecule has 0 saturated heterocycles. The average Bonchev–Trinajstić information content (AvgIpc) is 2.25. The third-order valence-corrected chi connectivity index (χ3v) is 3.01. The molecule has 0 aliphatic carbocycles. The maximum atomic E-state index is 10.8. The molecule has 0 bridgehead atoms. The van der Waals surface area contributed by atoms with Crippen LogP contribution in [0.4, 0.5) is 0 Å². The summed E-state index contributed by atoms with van der Waals surface area (Å²) in [5, 5.41) is 18.4. The number of rotatable bonds is 4. The van der Waals surface area contributed by atoms with Crippen LogP contribution in [-0.2, 0) is 10.2 Å². The largest absolute Gasteiger partial charge is 0.490 e. The van der Waals surface area contributed by atoms with Crippen LogP contribution < -0.4 is 4.74 Å². The van der Waals surface area contributed by atoms with Crippen molar-refractivity contribution in [3.05, 3.63) is 29.3 Å². The number of ether oxygens (including phenoxy) is 1. The molecule has 0 spiro atoms. The number of aliphatic carboxylic acids is 1. The Hall–Kier alpha value is -1.55. The van der Waals surface area contributed by atoms with Crippen molar-refractivity contribution in [1.82, 2.24) is 0 Å². The summed E-state index contributed by atoms with van der Waals surface area (Å²) in [4.78, 5) is 10.8. The standard InChI is InChI=1S/C15H22O4/c1-10-8-11(14(2,3)4)6-7-12(10)19-9-15(5,18)13(16)17/h6-8,18H,9H2,1-5H3,(H,16,17). The first kappa shape index (κ1) is 15.5. The van der Waals surface area contributed by atoms with Crippen LogP contribution in [-0.4, -0.2) is 28.4 Å². The lowest BCUT2D eigenvalue weighted by Gasteiger charge is -2.22. The fraction of sp³-hybridized carbons (Fsp3) is 0.533. The van der Waals surface area contributed by atoms with Crippen molar-refractivity contribution in [3.8, 4) is 5.75 Å². The summed E-state index contributed by atoms with van der Waals surface area (Å²) in [5.74, 6) is -0.703. The highest BCUT2D eigenvalue weighted by Gasteiger charge is 2.31. The molecular formula is C15H22O4. The summed E-state index contributed by atoms with van der Waals surface area (Å²) < 4.78 is 5.40. The zero-order chi connectivity index (χ0) is 14.8. The van der Waals surface area contributed by atoms with Crippen molar-refractivity contribution < 1.29 is 19.7 Å². The Bertz CT molecular complexity index is 470. The Morgan fingerprint density at radius 3 is 2.26 bits per heavy atom. The van der Waals surface area contributed by atoms with Crippen LogP contribution in [0.15, 0.2) is 18.2 Å². The van der Waals surface area contributed by atoms with E-state index >= 15 is 0 Å². The van der Waals surface area contributed by atoms with E-state index in [9.17, 15) is 9.90 Å². The van der Waals surface area contributed by atoms with E-state index in [1.165, 1.54) is 12.5 Å². The Kier molecular flexibility index (Phi) is 4.25. The van der Waals surface area contributed by atoms with Crippen molar-refractivity contribution in [2.45, 2.75) is 45.6 Å². The average molecular weight is 266 g/mol. The highest BCUT2D eigenvalue weighted by molar-refractivity contribution is 5.76. The highest BCUT2D eigenvalue weighted by Crippen LogP contribution is 2.27. The Morgan fingerprint density at radius 2 is 1.84 bits per heavy atom. The van der Waals surface area contributed by atoms with Gasteiger partial charge in [0.2, 0.25) is 0 Å². The van der Waals surface area contributed by atoms with Gasteiger partial charge in [0.05, 0.1) is 0 Å². The molecule has 0 aliphatic heterocycles. The fourth-order valence-electron chi connectivity index (χ4n) is 1.56. The summed E-state index contributed by atoms with van der Waals surface area (Å²) in [6.07, 6.45) is 0. The van der Waals surface area contributed by atoms with E-state index in [4.69, 9.17) is 9.84 Å². The van der Waals surface area contributed by atoms with Gasteiger partial charge in [0.1, 0.15) is 12.4 Å². The van der Waals surface area contributed by atoms with Gasteiger partial charge in [-0.25, -0.2) is 4.79 Å². The molecule has 0 amide bonds. The topological polar surface area (TPSA) is 66.8 Å². The number of aryl methyl sites for hydroxylation is 1. The zero-order valence-corrected chi connectivity index (χ0v) is 12.2. The highest BCUT2D eigenvalue weighted by atomic mass is 16.5. The Morgan fingerprint density at radius 1 is 1.26 bits per heavy atom. The van der Waals surface area contributed by atoms with Gasteiger partial charge in [-0.15, -0.1) is 0 Å². The molecule has 4 nitrogen and oxygen atoms in total. The molecule has 0 saturated carbocycles. The van der Waals surface area contributed by atoms with Crippen LogP contribution in [0.25, 0.3) is 0 Å². The van der Waals surface area contributed by atoms with E-state index in [1.54, 1.807) is 0 Å². The van der Waals surface area contributed by atoms with E-state index in [-0.39, 0.29) is 12.0 Å². The van der Waals surface area contributed by atoms with Gasteiger partial charge in [0, 0.05) is 0 Å². The number of carboxylic acid groups (broad SMARTS) is 1. The maximum absolute atomic E-state index is 10.8. The number of benzene rings is 1. The lowest BCUT2D eigenvalue weighted by atomic mass is 9.86. The summed E-state index contributed by atoms with van der Waals surface area (Å²) in [6, 6.07) is 5.79. The van der Waals surface area contributed by atoms with Gasteiger partial charge < -0.3 is 14.9 Å². The molecule has 0 fully saturated rings. The molecule has 4 heteroatoms. The van der Waals surface area contributed by atoms with E-state index in [2.05, 4.69) is 20.8 Å². The van der Waals surface area contributed by atoms with E-state index < -0.39 is 11.6 Å². The lowest BCUT2D eigenvalue weighted by Crippen LogP contribution is -2.41. The molecule has 0 radical (unpaired) electrons. The van der Waals surface area contributed by atoms with Crippen molar-refractivity contribution in [2.75, 3.05) is 6.61 Å². The smallest absolute Gasteiger partial charge is 0.339 e. The maximum Gasteiger partial charge on any atom is 0.339 e. The van der Waals surface area contributed by atoms with Crippen molar-refractivity contribution in [2.24, 2.45) is 0 Å². The summed E-state index contributed by atoms with van der Waals surface area (Å²) >= 11 is 0. The molecule has 0 heterocycles. The minimum absolute atomic E-state index is 0.0514. The monoisotopic (exact) mass is 266 g/mol. The Labute approximate surface area is 114 Å². The molecule has 0 aliphatic rings. The third kappa shape index (κ3) is 3.96. The van der Waals surface area contributed by atoms with Crippen LogP contribution in [0.2, 0.25) is 0 Å². The summed E-state index contributed by atoms with van der Waals surface area (Å²) in [6.45, 7) is 9.21. The van der Waals surface area contributed by atoms with Crippen LogP contribution in [0.5, 0.6) is 5.75 Å². The second-order valence-corrected chi connectivity index (χ2v) is 6.10. The zero-order valence-electron chi connectivity index (χ0n) is 12.2. The second kappa shape index (κ2) is 5.21. The minimum atomic E-state index is -1.88. The van der Waals surface area contributed by atoms with Gasteiger partial charge in [-0.3, -0.25) is 0 Å². The van der Waals surface area contributed by atoms with Gasteiger partial charge in [0.15, 0.2) is 5.60 Å². The van der Waals surface area contributed by atoms with E-state index in [0.29, 0.717) is 5.75 Å². The van der Waals surface area contributed by atoms with E-state index in [0.717, 1.165) is 5.56 Å². The molecule has 1 unspecified atom stereocenters. The van der Waals surface area contributed by atoms with Gasteiger partial charge in [-0.2, -0.15) is 0 Å². The van der Waals surface area contributed by atoms with E-state index in [1.807, 2.05) is 25.1 Å². The van der Waals surface area contributed by atoms with Gasteiger partial charge in [0.25, 0.3) is 0 Å². The fourth-order valence-corrected chi connectivity index (χ4v) is 1.56. The van der Waals surface area contributed by atoms with Crippen molar-refractivity contribution in [3.63, 3.8) is 0 Å². The number of aliphatic hydroxyl groups is 1. The van der Waals surface area contributed by atoms with Gasteiger partial charge >= 0.3 is 5.97 Å². The Balaban J connectivity index is 2.85. The predicted octanol–water partition coefficient (Wildman–Crippen LogP) is 2.51. The van der Waals surface area contributed by atoms with Crippen molar-refractivity contribution in [1.29, 1.82) is 0 Å². The van der Waals surface area contributed by atoms with Crippen LogP contribution in [0.1, 0.15) is 38.8 Å². The molecule has 106 valence electrons. The number of hydrogen-bond donors (Lipinski definition) is 2. The molecule has 1 aromatic rings. The molecule has 0 aromatic heterocycles. The van der Waals surface area contributed by atoms with Crippen LogP contribution in [0, 0.1) is 6.92 Å². The van der Waals surface area contributed by atoms with Crippen molar-refractivity contribution >= 4 is 5.97 Å². The summed E-state index contributed by atoms with van der Waals surface area (Å²) in [7, 11) is 0. The number of carbonyl (C=O) groups is 1. The molecule has 19 heavy (non-hydrogen) atoms. The molecular weight excluding hydrogens is 244 g/mol. The number of hydrogen-bond acceptors (Lipinski definition) is 3. The van der Waals surface area contributed by atoms with Gasteiger partial charge in [-0.1, -0.05) is 32.9 Å². The number of carboxylic acids is 1.